The van der Waals surface area contributed by atoms with Crippen molar-refractivity contribution in [2.75, 3.05) is 18.1 Å². The zero-order valence-electron chi connectivity index (χ0n) is 17.5. The Balaban J connectivity index is 2.23. The molecule has 0 amide bonds. The monoisotopic (exact) mass is 498 g/mol. The lowest BCUT2D eigenvalue weighted by Gasteiger charge is -2.17. The molecule has 0 fully saturated rings. The number of hydrogen-bond donors (Lipinski definition) is 1. The van der Waals surface area contributed by atoms with E-state index in [-0.39, 0.29) is 33.5 Å². The molecule has 33 heavy (non-hydrogen) atoms. The molecule has 2 aromatic carbocycles. The predicted molar refractivity (Wildman–Crippen MR) is 118 cm³/mol. The fourth-order valence-electron chi connectivity index (χ4n) is 3.14. The van der Waals surface area contributed by atoms with Gasteiger partial charge in [-0.05, 0) is 23.3 Å². The fourth-order valence-corrected chi connectivity index (χ4v) is 4.49. The number of nitrogens with one attached hydrogen (secondary N) is 1. The van der Waals surface area contributed by atoms with Crippen molar-refractivity contribution < 1.29 is 30.4 Å². The minimum atomic E-state index is -4.81. The first kappa shape index (κ1) is 24.8. The zero-order valence-corrected chi connectivity index (χ0v) is 19.1. The molecule has 176 valence electrons. The summed E-state index contributed by atoms with van der Waals surface area (Å²) in [6, 6.07) is 11.6. The predicted octanol–water partition coefficient (Wildman–Crippen LogP) is 4.04. The van der Waals surface area contributed by atoms with Gasteiger partial charge in [-0.25, -0.2) is 18.4 Å². The van der Waals surface area contributed by atoms with E-state index in [1.165, 1.54) is 62.5 Å². The van der Waals surface area contributed by atoms with Crippen molar-refractivity contribution in [2.24, 2.45) is 0 Å². The largest absolute Gasteiger partial charge is 0.772 e. The van der Waals surface area contributed by atoms with Gasteiger partial charge >= 0.3 is 6.18 Å². The van der Waals surface area contributed by atoms with Crippen LogP contribution in [0.2, 0.25) is 0 Å². The van der Waals surface area contributed by atoms with Crippen LogP contribution in [-0.2, 0) is 32.8 Å². The summed E-state index contributed by atoms with van der Waals surface area (Å²) >= 11 is -2.32. The molecule has 0 spiro atoms. The molecule has 3 rings (SSSR count). The number of anilines is 1. The molecule has 0 aliphatic heterocycles. The molecule has 1 aromatic heterocycles. The summed E-state index contributed by atoms with van der Waals surface area (Å²) < 4.78 is 86.5. The Labute approximate surface area is 191 Å². The average molecular weight is 499 g/mol. The number of aromatic nitrogens is 2. The number of sulfone groups is 1. The molecule has 1 heterocycles. The van der Waals surface area contributed by atoms with Crippen LogP contribution in [0.15, 0.2) is 53.4 Å². The Morgan fingerprint density at radius 2 is 1.58 bits per heavy atom. The second-order valence-corrected chi connectivity index (χ2v) is 10.1. The molecule has 7 nitrogen and oxygen atoms in total. The molecular weight excluding hydrogens is 479 g/mol. The highest BCUT2D eigenvalue weighted by molar-refractivity contribution is 7.91. The van der Waals surface area contributed by atoms with Crippen molar-refractivity contribution in [3.05, 3.63) is 59.9 Å². The highest BCUT2D eigenvalue weighted by Gasteiger charge is 2.36. The Hall–Kier alpha value is -2.83. The third-order valence-electron chi connectivity index (χ3n) is 4.79. The van der Waals surface area contributed by atoms with Crippen LogP contribution in [0, 0.1) is 0 Å². The van der Waals surface area contributed by atoms with Crippen molar-refractivity contribution in [3.63, 3.8) is 0 Å². The zero-order chi connectivity index (χ0) is 24.4. The minimum Gasteiger partial charge on any atom is -0.772 e. The first-order chi connectivity index (χ1) is 15.5. The van der Waals surface area contributed by atoms with E-state index < -0.39 is 32.9 Å². The summed E-state index contributed by atoms with van der Waals surface area (Å²) in [6.45, 7) is 1.51. The van der Waals surface area contributed by atoms with E-state index in [1.54, 1.807) is 0 Å². The molecule has 0 saturated heterocycles. The lowest BCUT2D eigenvalue weighted by atomic mass is 9.98. The standard InChI is InChI=1S/C21H20F3N3O4S2/c1-3-33(30,31)16-10-8-14(9-11-16)17-18(15-6-4-13(5-7-15)12-32(28)29)26-20(21(22,23)24)27-19(17)25-2/h4-11H,3,12H2,1-2H3,(H,28,29)(H,25,26,27)/p-1. The van der Waals surface area contributed by atoms with Crippen LogP contribution < -0.4 is 5.32 Å². The molecule has 0 saturated carbocycles. The Morgan fingerprint density at radius 3 is 2.06 bits per heavy atom. The van der Waals surface area contributed by atoms with Gasteiger partial charge in [0.2, 0.25) is 5.82 Å². The second kappa shape index (κ2) is 9.57. The van der Waals surface area contributed by atoms with Gasteiger partial charge in [0, 0.05) is 18.4 Å². The molecule has 1 unspecified atom stereocenters. The lowest BCUT2D eigenvalue weighted by Crippen LogP contribution is -2.14. The number of rotatable bonds is 7. The van der Waals surface area contributed by atoms with E-state index in [9.17, 15) is 30.4 Å². The lowest BCUT2D eigenvalue weighted by molar-refractivity contribution is -0.144. The maximum absolute atomic E-state index is 13.5. The molecule has 12 heteroatoms. The minimum absolute atomic E-state index is 0.0393. The van der Waals surface area contributed by atoms with Crippen molar-refractivity contribution in [3.8, 4) is 22.4 Å². The Morgan fingerprint density at radius 1 is 1.00 bits per heavy atom. The first-order valence-electron chi connectivity index (χ1n) is 9.61. The topological polar surface area (TPSA) is 112 Å². The third kappa shape index (κ3) is 5.57. The summed E-state index contributed by atoms with van der Waals surface area (Å²) in [6.07, 6.45) is -4.81. The van der Waals surface area contributed by atoms with Crippen molar-refractivity contribution in [1.29, 1.82) is 0 Å². The third-order valence-corrected chi connectivity index (χ3v) is 7.11. The average Bonchev–Trinajstić information content (AvgIpc) is 2.77. The SMILES string of the molecule is CCS(=O)(=O)c1ccc(-c2c(NC)nc(C(F)(F)F)nc2-c2ccc(CS(=O)[O-])cc2)cc1. The summed E-state index contributed by atoms with van der Waals surface area (Å²) in [7, 11) is -2.05. The van der Waals surface area contributed by atoms with Gasteiger partial charge in [-0.15, -0.1) is 0 Å². The normalized spacial score (nSPS) is 13.0. The van der Waals surface area contributed by atoms with Gasteiger partial charge in [0.1, 0.15) is 5.82 Å². The number of alkyl halides is 3. The van der Waals surface area contributed by atoms with E-state index >= 15 is 0 Å². The first-order valence-corrected chi connectivity index (χ1v) is 12.5. The molecular formula is C21H19F3N3O4S2-. The van der Waals surface area contributed by atoms with Crippen molar-refractivity contribution >= 4 is 26.7 Å². The van der Waals surface area contributed by atoms with Gasteiger partial charge in [0.15, 0.2) is 9.84 Å². The number of hydrogen-bond acceptors (Lipinski definition) is 7. The van der Waals surface area contributed by atoms with Gasteiger partial charge in [-0.3, -0.25) is 4.21 Å². The van der Waals surface area contributed by atoms with Gasteiger partial charge in [0.05, 0.1) is 21.9 Å². The van der Waals surface area contributed by atoms with E-state index in [2.05, 4.69) is 15.3 Å². The molecule has 0 aliphatic rings. The Bertz CT molecular complexity index is 1280. The van der Waals surface area contributed by atoms with Crippen LogP contribution in [0.1, 0.15) is 18.3 Å². The second-order valence-electron chi connectivity index (χ2n) is 6.94. The number of nitrogens with zero attached hydrogens (tertiary/aromatic N) is 2. The summed E-state index contributed by atoms with van der Waals surface area (Å²) in [5.74, 6) is -1.77. The van der Waals surface area contributed by atoms with Crippen LogP contribution in [0.3, 0.4) is 0 Å². The molecule has 3 aromatic rings. The van der Waals surface area contributed by atoms with Crippen LogP contribution in [0.4, 0.5) is 19.0 Å². The summed E-state index contributed by atoms with van der Waals surface area (Å²) in [5.41, 5.74) is 1.37. The smallest absolute Gasteiger partial charge is 0.451 e. The molecule has 0 aliphatic carbocycles. The summed E-state index contributed by atoms with van der Waals surface area (Å²) in [4.78, 5) is 7.47. The molecule has 1 N–H and O–H groups in total. The van der Waals surface area contributed by atoms with Crippen LogP contribution >= 0.6 is 0 Å². The summed E-state index contributed by atoms with van der Waals surface area (Å²) in [5, 5.41) is 2.66. The molecule has 1 atom stereocenters. The van der Waals surface area contributed by atoms with Gasteiger partial charge in [-0.1, -0.05) is 54.4 Å². The van der Waals surface area contributed by atoms with Gasteiger partial charge in [-0.2, -0.15) is 13.2 Å². The van der Waals surface area contributed by atoms with E-state index in [0.717, 1.165) is 0 Å². The van der Waals surface area contributed by atoms with Crippen molar-refractivity contribution in [2.45, 2.75) is 23.7 Å². The molecule has 0 radical (unpaired) electrons. The van der Waals surface area contributed by atoms with E-state index in [0.29, 0.717) is 16.7 Å². The van der Waals surface area contributed by atoms with E-state index in [4.69, 9.17) is 0 Å². The number of halogens is 3. The maximum Gasteiger partial charge on any atom is 0.451 e. The van der Waals surface area contributed by atoms with Crippen LogP contribution in [0.5, 0.6) is 0 Å². The highest BCUT2D eigenvalue weighted by Crippen LogP contribution is 2.39. The number of benzene rings is 2. The highest BCUT2D eigenvalue weighted by atomic mass is 32.2. The van der Waals surface area contributed by atoms with E-state index in [1.807, 2.05) is 0 Å². The van der Waals surface area contributed by atoms with Crippen molar-refractivity contribution in [1.82, 2.24) is 9.97 Å². The molecule has 0 bridgehead atoms. The van der Waals surface area contributed by atoms with Crippen LogP contribution in [0.25, 0.3) is 22.4 Å². The van der Waals surface area contributed by atoms with Gasteiger partial charge < -0.3 is 9.87 Å². The fraction of sp³-hybridized carbons (Fsp3) is 0.238. The maximum atomic E-state index is 13.5. The Kier molecular flexibility index (Phi) is 7.20. The van der Waals surface area contributed by atoms with Crippen LogP contribution in [-0.4, -0.2) is 39.9 Å². The quantitative estimate of drug-likeness (QED) is 0.489. The van der Waals surface area contributed by atoms with Gasteiger partial charge in [0.25, 0.3) is 0 Å².